The molecule has 0 aliphatic carbocycles. The largest absolute Gasteiger partial charge is 0.472 e. The van der Waals surface area contributed by atoms with Gasteiger partial charge in [0.05, 0.1) is 30.8 Å². The highest BCUT2D eigenvalue weighted by Crippen LogP contribution is 2.15. The molecule has 122 valence electrons. The predicted octanol–water partition coefficient (Wildman–Crippen LogP) is 2.95. The van der Waals surface area contributed by atoms with Gasteiger partial charge in [0.25, 0.3) is 11.8 Å². The average Bonchev–Trinajstić information content (AvgIpc) is 3.08. The Balaban J connectivity index is 0.00000127. The molecular formula is C16H18BrN3O3. The number of hydrogen-bond donors (Lipinski definition) is 2. The Hall–Kier alpha value is -2.41. The molecule has 7 heteroatoms. The lowest BCUT2D eigenvalue weighted by Crippen LogP contribution is -2.35. The van der Waals surface area contributed by atoms with Crippen molar-refractivity contribution in [2.24, 2.45) is 5.10 Å². The van der Waals surface area contributed by atoms with Crippen molar-refractivity contribution in [2.75, 3.05) is 6.54 Å². The summed E-state index contributed by atoms with van der Waals surface area (Å²) in [7, 11) is 0. The number of benzene rings is 1. The van der Waals surface area contributed by atoms with Crippen molar-refractivity contribution in [1.82, 2.24) is 10.7 Å². The zero-order chi connectivity index (χ0) is 17.1. The second-order valence-electron chi connectivity index (χ2n) is 4.01. The zero-order valence-electron chi connectivity index (χ0n) is 12.9. The van der Waals surface area contributed by atoms with Gasteiger partial charge in [-0.1, -0.05) is 26.0 Å². The van der Waals surface area contributed by atoms with Gasteiger partial charge < -0.3 is 9.73 Å². The average molecular weight is 380 g/mol. The predicted molar refractivity (Wildman–Crippen MR) is 92.3 cm³/mol. The molecule has 0 aliphatic heterocycles. The fourth-order valence-corrected chi connectivity index (χ4v) is 1.93. The third kappa shape index (κ3) is 6.48. The number of hydrazone groups is 1. The van der Waals surface area contributed by atoms with Crippen LogP contribution in [0.3, 0.4) is 0 Å². The van der Waals surface area contributed by atoms with Gasteiger partial charge in [-0.2, -0.15) is 5.10 Å². The first-order chi connectivity index (χ1) is 11.2. The van der Waals surface area contributed by atoms with E-state index in [4.69, 9.17) is 4.42 Å². The van der Waals surface area contributed by atoms with E-state index in [1.54, 1.807) is 30.3 Å². The number of carbonyl (C=O) groups is 2. The van der Waals surface area contributed by atoms with E-state index < -0.39 is 5.91 Å². The molecule has 0 spiro atoms. The van der Waals surface area contributed by atoms with E-state index in [-0.39, 0.29) is 12.5 Å². The highest BCUT2D eigenvalue weighted by atomic mass is 79.9. The number of halogens is 1. The minimum absolute atomic E-state index is 0.164. The molecule has 0 fully saturated rings. The van der Waals surface area contributed by atoms with Gasteiger partial charge in [0.15, 0.2) is 0 Å². The molecule has 0 aliphatic rings. The van der Waals surface area contributed by atoms with Crippen molar-refractivity contribution in [1.29, 1.82) is 0 Å². The number of furan rings is 1. The first-order valence-corrected chi connectivity index (χ1v) is 7.83. The topological polar surface area (TPSA) is 83.7 Å². The second-order valence-corrected chi connectivity index (χ2v) is 4.87. The van der Waals surface area contributed by atoms with Gasteiger partial charge in [-0.15, -0.1) is 0 Å². The van der Waals surface area contributed by atoms with Gasteiger partial charge in [-0.05, 0) is 34.1 Å². The Kier molecular flexibility index (Phi) is 8.38. The standard InChI is InChI=1S/C14H12BrN3O3.C2H6/c15-12-4-2-1-3-11(12)14(20)16-8-13(19)18-17-7-10-5-6-21-9-10;1-2/h1-7,9H,8H2,(H,16,20)(H,18,19);1-2H3/b17-7+;. The molecular weight excluding hydrogens is 362 g/mol. The monoisotopic (exact) mass is 379 g/mol. The smallest absolute Gasteiger partial charge is 0.259 e. The Morgan fingerprint density at radius 1 is 1.26 bits per heavy atom. The minimum atomic E-state index is -0.421. The van der Waals surface area contributed by atoms with Crippen molar-refractivity contribution in [3.05, 3.63) is 58.5 Å². The SMILES string of the molecule is CC.O=C(CNC(=O)c1ccccc1Br)N/N=C/c1ccoc1. The molecule has 0 bridgehead atoms. The summed E-state index contributed by atoms with van der Waals surface area (Å²) < 4.78 is 5.51. The van der Waals surface area contributed by atoms with Crippen molar-refractivity contribution in [3.8, 4) is 0 Å². The van der Waals surface area contributed by atoms with Crippen molar-refractivity contribution >= 4 is 34.0 Å². The first-order valence-electron chi connectivity index (χ1n) is 7.03. The van der Waals surface area contributed by atoms with E-state index in [1.165, 1.54) is 18.7 Å². The van der Waals surface area contributed by atoms with Crippen molar-refractivity contribution in [2.45, 2.75) is 13.8 Å². The summed E-state index contributed by atoms with van der Waals surface area (Å²) >= 11 is 3.27. The molecule has 1 heterocycles. The van der Waals surface area contributed by atoms with Crippen LogP contribution in [0, 0.1) is 0 Å². The zero-order valence-corrected chi connectivity index (χ0v) is 14.5. The van der Waals surface area contributed by atoms with Crippen LogP contribution >= 0.6 is 15.9 Å². The van der Waals surface area contributed by atoms with Crippen LogP contribution in [0.1, 0.15) is 29.8 Å². The summed E-state index contributed by atoms with van der Waals surface area (Å²) in [6.07, 6.45) is 4.43. The molecule has 0 saturated heterocycles. The lowest BCUT2D eigenvalue weighted by Gasteiger charge is -2.05. The second kappa shape index (κ2) is 10.3. The Bertz CT molecular complexity index is 654. The lowest BCUT2D eigenvalue weighted by atomic mass is 10.2. The summed E-state index contributed by atoms with van der Waals surface area (Å²) in [5.74, 6) is -0.758. The maximum Gasteiger partial charge on any atom is 0.259 e. The third-order valence-electron chi connectivity index (χ3n) is 2.47. The van der Waals surface area contributed by atoms with Crippen LogP contribution in [0.4, 0.5) is 0 Å². The van der Waals surface area contributed by atoms with Crippen LogP contribution in [0.25, 0.3) is 0 Å². The van der Waals surface area contributed by atoms with Crippen molar-refractivity contribution < 1.29 is 14.0 Å². The molecule has 0 saturated carbocycles. The van der Waals surface area contributed by atoms with Gasteiger partial charge >= 0.3 is 0 Å². The van der Waals surface area contributed by atoms with Crippen LogP contribution in [-0.4, -0.2) is 24.6 Å². The Morgan fingerprint density at radius 2 is 2.00 bits per heavy atom. The fourth-order valence-electron chi connectivity index (χ4n) is 1.47. The molecule has 2 aromatic rings. The first kappa shape index (κ1) is 18.6. The maximum atomic E-state index is 11.9. The molecule has 23 heavy (non-hydrogen) atoms. The highest BCUT2D eigenvalue weighted by molar-refractivity contribution is 9.10. The summed E-state index contributed by atoms with van der Waals surface area (Å²) in [6.45, 7) is 3.84. The van der Waals surface area contributed by atoms with Gasteiger partial charge in [0, 0.05) is 10.0 Å². The summed E-state index contributed by atoms with van der Waals surface area (Å²) in [5.41, 5.74) is 3.50. The number of nitrogens with zero attached hydrogens (tertiary/aromatic N) is 1. The van der Waals surface area contributed by atoms with E-state index >= 15 is 0 Å². The summed E-state index contributed by atoms with van der Waals surface area (Å²) in [5, 5.41) is 6.25. The lowest BCUT2D eigenvalue weighted by molar-refractivity contribution is -0.120. The molecule has 0 unspecified atom stereocenters. The number of amides is 2. The minimum Gasteiger partial charge on any atom is -0.472 e. The van der Waals surface area contributed by atoms with Crippen LogP contribution in [0.15, 0.2) is 56.8 Å². The molecule has 2 amide bonds. The highest BCUT2D eigenvalue weighted by Gasteiger charge is 2.10. The molecule has 6 nitrogen and oxygen atoms in total. The molecule has 0 radical (unpaired) electrons. The number of hydrogen-bond acceptors (Lipinski definition) is 4. The van der Waals surface area contributed by atoms with E-state index in [0.29, 0.717) is 10.0 Å². The third-order valence-corrected chi connectivity index (χ3v) is 3.17. The van der Waals surface area contributed by atoms with E-state index in [0.717, 1.165) is 5.56 Å². The Morgan fingerprint density at radius 3 is 2.65 bits per heavy atom. The number of carbonyl (C=O) groups excluding carboxylic acids is 2. The van der Waals surface area contributed by atoms with Gasteiger partial charge in [-0.25, -0.2) is 5.43 Å². The molecule has 2 rings (SSSR count). The molecule has 1 aromatic carbocycles. The Labute approximate surface area is 143 Å². The van der Waals surface area contributed by atoms with Crippen molar-refractivity contribution in [3.63, 3.8) is 0 Å². The molecule has 2 N–H and O–H groups in total. The van der Waals surface area contributed by atoms with Crippen LogP contribution in [0.2, 0.25) is 0 Å². The van der Waals surface area contributed by atoms with Gasteiger partial charge in [0.2, 0.25) is 0 Å². The van der Waals surface area contributed by atoms with E-state index in [2.05, 4.69) is 31.8 Å². The fraction of sp³-hybridized carbons (Fsp3) is 0.188. The summed E-state index contributed by atoms with van der Waals surface area (Å²) in [4.78, 5) is 23.4. The molecule has 1 aromatic heterocycles. The summed E-state index contributed by atoms with van der Waals surface area (Å²) in [6, 6.07) is 8.66. The van der Waals surface area contributed by atoms with E-state index in [1.807, 2.05) is 13.8 Å². The van der Waals surface area contributed by atoms with Gasteiger partial charge in [0.1, 0.15) is 0 Å². The quantitative estimate of drug-likeness (QED) is 0.618. The van der Waals surface area contributed by atoms with Crippen LogP contribution in [-0.2, 0) is 4.79 Å². The van der Waals surface area contributed by atoms with E-state index in [9.17, 15) is 9.59 Å². The normalized spacial score (nSPS) is 9.87. The number of nitrogens with one attached hydrogen (secondary N) is 2. The molecule has 0 atom stereocenters. The van der Waals surface area contributed by atoms with Crippen LogP contribution < -0.4 is 10.7 Å². The number of rotatable bonds is 5. The van der Waals surface area contributed by atoms with Gasteiger partial charge in [-0.3, -0.25) is 9.59 Å². The maximum absolute atomic E-state index is 11.9. The van der Waals surface area contributed by atoms with Crippen LogP contribution in [0.5, 0.6) is 0 Å².